The number of methoxy groups -OCH3 is 1. The third-order valence-corrected chi connectivity index (χ3v) is 6.39. The summed E-state index contributed by atoms with van der Waals surface area (Å²) in [6.45, 7) is 5.43. The van der Waals surface area contributed by atoms with Crippen LogP contribution in [-0.4, -0.2) is 47.8 Å². The fourth-order valence-electron chi connectivity index (χ4n) is 4.64. The van der Waals surface area contributed by atoms with Gasteiger partial charge in [-0.05, 0) is 76.0 Å². The first-order valence-electron chi connectivity index (χ1n) is 12.3. The van der Waals surface area contributed by atoms with Gasteiger partial charge in [0.25, 0.3) is 0 Å². The predicted molar refractivity (Wildman–Crippen MR) is 131 cm³/mol. The number of likely N-dealkylation sites (tertiary alicyclic amines) is 1. The molecule has 2 heterocycles. The number of rotatable bonds is 11. The molecule has 0 aliphatic carbocycles. The molecule has 172 valence electrons. The van der Waals surface area contributed by atoms with Crippen LogP contribution in [0.15, 0.2) is 48.5 Å². The van der Waals surface area contributed by atoms with Crippen LogP contribution in [0.3, 0.4) is 0 Å². The Hall–Kier alpha value is -2.53. The maximum Gasteiger partial charge on any atom is 0.122 e. The molecule has 5 heteroatoms. The molecule has 0 amide bonds. The van der Waals surface area contributed by atoms with Gasteiger partial charge in [-0.1, -0.05) is 31.0 Å². The molecule has 0 saturated carbocycles. The highest BCUT2D eigenvalue weighted by atomic mass is 16.5. The van der Waals surface area contributed by atoms with E-state index < -0.39 is 0 Å². The molecule has 0 unspecified atom stereocenters. The quantitative estimate of drug-likeness (QED) is 0.362. The molecular weight excluding hydrogens is 398 g/mol. The lowest BCUT2D eigenvalue weighted by Gasteiger charge is -2.19. The van der Waals surface area contributed by atoms with Crippen LogP contribution in [0.5, 0.6) is 11.5 Å². The van der Waals surface area contributed by atoms with Crippen LogP contribution in [0, 0.1) is 0 Å². The normalized spacial score (nSPS) is 15.0. The van der Waals surface area contributed by atoms with Crippen molar-refractivity contribution in [3.05, 3.63) is 54.4 Å². The van der Waals surface area contributed by atoms with E-state index in [-0.39, 0.29) is 0 Å². The van der Waals surface area contributed by atoms with Gasteiger partial charge >= 0.3 is 0 Å². The average Bonchev–Trinajstić information content (AvgIpc) is 2.97. The number of fused-ring (bicyclic) bond motifs is 1. The highest BCUT2D eigenvalue weighted by molar-refractivity contribution is 5.75. The Kier molecular flexibility index (Phi) is 8.43. The summed E-state index contributed by atoms with van der Waals surface area (Å²) >= 11 is 0. The zero-order valence-corrected chi connectivity index (χ0v) is 19.5. The number of nitrogens with zero attached hydrogens (tertiary/aromatic N) is 3. The number of hydrogen-bond acceptors (Lipinski definition) is 4. The lowest BCUT2D eigenvalue weighted by atomic mass is 10.2. The zero-order valence-electron chi connectivity index (χ0n) is 19.5. The van der Waals surface area contributed by atoms with E-state index in [1.54, 1.807) is 7.11 Å². The van der Waals surface area contributed by atoms with E-state index in [1.165, 1.54) is 63.1 Å². The highest BCUT2D eigenvalue weighted by Gasteiger charge is 2.12. The van der Waals surface area contributed by atoms with Crippen LogP contribution in [0.1, 0.15) is 50.8 Å². The second-order valence-electron chi connectivity index (χ2n) is 8.76. The molecule has 4 rings (SSSR count). The summed E-state index contributed by atoms with van der Waals surface area (Å²) in [5, 5.41) is 0. The first kappa shape index (κ1) is 22.7. The van der Waals surface area contributed by atoms with Gasteiger partial charge in [-0.15, -0.1) is 0 Å². The minimum Gasteiger partial charge on any atom is -0.497 e. The molecule has 0 radical (unpaired) electrons. The first-order chi connectivity index (χ1) is 15.8. The third-order valence-electron chi connectivity index (χ3n) is 6.39. The summed E-state index contributed by atoms with van der Waals surface area (Å²) in [6, 6.07) is 16.4. The molecule has 0 atom stereocenters. The Morgan fingerprint density at radius 1 is 0.844 bits per heavy atom. The molecular formula is C27H37N3O2. The molecule has 1 aromatic heterocycles. The third kappa shape index (κ3) is 6.26. The van der Waals surface area contributed by atoms with Crippen LogP contribution in [-0.2, 0) is 13.0 Å². The Morgan fingerprint density at radius 3 is 2.50 bits per heavy atom. The molecule has 1 aliphatic heterocycles. The number of imidazole rings is 1. The summed E-state index contributed by atoms with van der Waals surface area (Å²) < 4.78 is 13.6. The topological polar surface area (TPSA) is 39.5 Å². The van der Waals surface area contributed by atoms with Gasteiger partial charge in [0.1, 0.15) is 17.3 Å². The van der Waals surface area contributed by atoms with Crippen molar-refractivity contribution < 1.29 is 9.47 Å². The van der Waals surface area contributed by atoms with E-state index in [2.05, 4.69) is 33.7 Å². The number of unbranched alkanes of at least 4 members (excludes halogenated alkanes) is 1. The van der Waals surface area contributed by atoms with E-state index in [1.807, 2.05) is 24.3 Å². The van der Waals surface area contributed by atoms with Gasteiger partial charge in [-0.25, -0.2) is 4.98 Å². The van der Waals surface area contributed by atoms with E-state index in [4.69, 9.17) is 14.5 Å². The molecule has 1 saturated heterocycles. The minimum atomic E-state index is 0.712. The van der Waals surface area contributed by atoms with E-state index in [0.717, 1.165) is 42.8 Å². The largest absolute Gasteiger partial charge is 0.497 e. The maximum absolute atomic E-state index is 5.92. The zero-order chi connectivity index (χ0) is 22.0. The van der Waals surface area contributed by atoms with Crippen molar-refractivity contribution in [3.63, 3.8) is 0 Å². The molecule has 0 bridgehead atoms. The lowest BCUT2D eigenvalue weighted by molar-refractivity contribution is 0.280. The number of para-hydroxylation sites is 2. The van der Waals surface area contributed by atoms with Gasteiger partial charge in [-0.3, -0.25) is 0 Å². The number of benzene rings is 2. The second-order valence-corrected chi connectivity index (χ2v) is 8.76. The highest BCUT2D eigenvalue weighted by Crippen LogP contribution is 2.21. The Labute approximate surface area is 192 Å². The maximum atomic E-state index is 5.92. The van der Waals surface area contributed by atoms with Gasteiger partial charge in [0.15, 0.2) is 0 Å². The van der Waals surface area contributed by atoms with Crippen LogP contribution in [0.4, 0.5) is 0 Å². The standard InChI is InChI=1S/C27H37N3O2/c1-31-23-12-10-13-24(22-23)32-21-9-8-20-30-26-15-5-4-14-25(26)28-27(30)16-11-19-29-17-6-2-3-7-18-29/h4-5,10,12-15,22H,2-3,6-9,11,16-21H2,1H3. The molecule has 32 heavy (non-hydrogen) atoms. The van der Waals surface area contributed by atoms with Crippen molar-refractivity contribution in [1.29, 1.82) is 0 Å². The van der Waals surface area contributed by atoms with Crippen LogP contribution < -0.4 is 9.47 Å². The van der Waals surface area contributed by atoms with Crippen molar-refractivity contribution in [3.8, 4) is 11.5 Å². The number of aryl methyl sites for hydroxylation is 2. The monoisotopic (exact) mass is 435 g/mol. The number of aromatic nitrogens is 2. The second kappa shape index (κ2) is 11.9. The van der Waals surface area contributed by atoms with Gasteiger partial charge in [-0.2, -0.15) is 0 Å². The smallest absolute Gasteiger partial charge is 0.122 e. The summed E-state index contributed by atoms with van der Waals surface area (Å²) in [7, 11) is 1.68. The lowest BCUT2D eigenvalue weighted by Crippen LogP contribution is -2.26. The molecule has 5 nitrogen and oxygen atoms in total. The van der Waals surface area contributed by atoms with Gasteiger partial charge in [0, 0.05) is 19.0 Å². The minimum absolute atomic E-state index is 0.712. The summed E-state index contributed by atoms with van der Waals surface area (Å²) in [5.41, 5.74) is 2.37. The predicted octanol–water partition coefficient (Wildman–Crippen LogP) is 5.71. The number of hydrogen-bond donors (Lipinski definition) is 0. The molecule has 1 fully saturated rings. The summed E-state index contributed by atoms with van der Waals surface area (Å²) in [4.78, 5) is 7.63. The van der Waals surface area contributed by atoms with Crippen LogP contribution >= 0.6 is 0 Å². The SMILES string of the molecule is COc1cccc(OCCCCn2c(CCCN3CCCCCC3)nc3ccccc32)c1. The van der Waals surface area contributed by atoms with E-state index in [0.29, 0.717) is 6.61 Å². The van der Waals surface area contributed by atoms with E-state index in [9.17, 15) is 0 Å². The summed E-state index contributed by atoms with van der Waals surface area (Å²) in [5.74, 6) is 2.93. The van der Waals surface area contributed by atoms with Gasteiger partial charge in [0.05, 0.1) is 24.8 Å². The fraction of sp³-hybridized carbons (Fsp3) is 0.519. The average molecular weight is 436 g/mol. The Balaban J connectivity index is 1.29. The van der Waals surface area contributed by atoms with Crippen molar-refractivity contribution in [2.75, 3.05) is 33.4 Å². The first-order valence-corrected chi connectivity index (χ1v) is 12.3. The van der Waals surface area contributed by atoms with Crippen molar-refractivity contribution >= 4 is 11.0 Å². The fourth-order valence-corrected chi connectivity index (χ4v) is 4.64. The molecule has 2 aromatic carbocycles. The van der Waals surface area contributed by atoms with Gasteiger partial charge in [0.2, 0.25) is 0 Å². The van der Waals surface area contributed by atoms with E-state index >= 15 is 0 Å². The molecule has 0 spiro atoms. The van der Waals surface area contributed by atoms with Crippen molar-refractivity contribution in [2.24, 2.45) is 0 Å². The van der Waals surface area contributed by atoms with Gasteiger partial charge < -0.3 is 18.9 Å². The molecule has 3 aromatic rings. The Bertz CT molecular complexity index is 960. The van der Waals surface area contributed by atoms with Crippen molar-refractivity contribution in [2.45, 2.75) is 57.9 Å². The van der Waals surface area contributed by atoms with Crippen LogP contribution in [0.25, 0.3) is 11.0 Å². The van der Waals surface area contributed by atoms with Crippen LogP contribution in [0.2, 0.25) is 0 Å². The van der Waals surface area contributed by atoms with Crippen molar-refractivity contribution in [1.82, 2.24) is 14.5 Å². The molecule has 1 aliphatic rings. The summed E-state index contributed by atoms with van der Waals surface area (Å²) in [6.07, 6.45) is 9.82. The Morgan fingerprint density at radius 2 is 1.66 bits per heavy atom. The number of ether oxygens (including phenoxy) is 2. The molecule has 0 N–H and O–H groups in total.